The summed E-state index contributed by atoms with van der Waals surface area (Å²) >= 11 is 0. The van der Waals surface area contributed by atoms with Gasteiger partial charge in [-0.2, -0.15) is 0 Å². The highest BCUT2D eigenvalue weighted by Crippen LogP contribution is 2.21. The first-order chi connectivity index (χ1) is 8.90. The van der Waals surface area contributed by atoms with Gasteiger partial charge in [0.05, 0.1) is 0 Å². The molecule has 1 rings (SSSR count). The summed E-state index contributed by atoms with van der Waals surface area (Å²) in [5, 5.41) is 3.16. The zero-order chi connectivity index (χ0) is 14.4. The van der Waals surface area contributed by atoms with Crippen LogP contribution in [0.5, 0.6) is 0 Å². The number of hydrogen-bond donors (Lipinski definition) is 1. The number of nitrogens with one attached hydrogen (secondary N) is 1. The third-order valence-corrected chi connectivity index (χ3v) is 4.26. The van der Waals surface area contributed by atoms with Crippen molar-refractivity contribution in [2.75, 3.05) is 19.6 Å². The summed E-state index contributed by atoms with van der Waals surface area (Å²) in [7, 11) is 0. The Hall–Kier alpha value is -0.570. The van der Waals surface area contributed by atoms with E-state index < -0.39 is 0 Å². The van der Waals surface area contributed by atoms with Crippen molar-refractivity contribution in [1.29, 1.82) is 0 Å². The number of rotatable bonds is 6. The second-order valence-electron chi connectivity index (χ2n) is 6.81. The Kier molecular flexibility index (Phi) is 6.84. The molecule has 1 N–H and O–H groups in total. The maximum Gasteiger partial charge on any atom is 0.222 e. The smallest absolute Gasteiger partial charge is 0.222 e. The summed E-state index contributed by atoms with van der Waals surface area (Å²) < 4.78 is 0. The summed E-state index contributed by atoms with van der Waals surface area (Å²) in [6.07, 6.45) is 3.74. The van der Waals surface area contributed by atoms with Gasteiger partial charge in [0.2, 0.25) is 5.91 Å². The molecular weight excluding hydrogens is 236 g/mol. The second kappa shape index (κ2) is 7.88. The van der Waals surface area contributed by atoms with Crippen LogP contribution < -0.4 is 5.32 Å². The minimum Gasteiger partial charge on any atom is -0.353 e. The Morgan fingerprint density at radius 2 is 1.74 bits per heavy atom. The van der Waals surface area contributed by atoms with Gasteiger partial charge in [-0.3, -0.25) is 4.79 Å². The van der Waals surface area contributed by atoms with Crippen LogP contribution in [0.1, 0.15) is 53.9 Å². The summed E-state index contributed by atoms with van der Waals surface area (Å²) in [4.78, 5) is 14.3. The lowest BCUT2D eigenvalue weighted by Crippen LogP contribution is -2.45. The number of hydrogen-bond acceptors (Lipinski definition) is 2. The van der Waals surface area contributed by atoms with E-state index in [0.29, 0.717) is 12.0 Å². The minimum absolute atomic E-state index is 0.0913. The van der Waals surface area contributed by atoms with E-state index in [9.17, 15) is 4.79 Å². The first kappa shape index (κ1) is 16.5. The van der Waals surface area contributed by atoms with Crippen LogP contribution in [-0.4, -0.2) is 36.5 Å². The fourth-order valence-corrected chi connectivity index (χ4v) is 2.63. The summed E-state index contributed by atoms with van der Waals surface area (Å²) in [5.41, 5.74) is 0. The average molecular weight is 268 g/mol. The summed E-state index contributed by atoms with van der Waals surface area (Å²) in [6, 6.07) is 0.321. The Bertz CT molecular complexity index is 268. The van der Waals surface area contributed by atoms with Crippen LogP contribution in [0.4, 0.5) is 0 Å². The highest BCUT2D eigenvalue weighted by molar-refractivity contribution is 5.78. The third kappa shape index (κ3) is 5.94. The van der Waals surface area contributed by atoms with Crippen LogP contribution in [0, 0.1) is 17.8 Å². The Balaban J connectivity index is 2.27. The van der Waals surface area contributed by atoms with Crippen LogP contribution >= 0.6 is 0 Å². The molecule has 1 aliphatic rings. The Morgan fingerprint density at radius 3 is 2.21 bits per heavy atom. The van der Waals surface area contributed by atoms with Crippen LogP contribution in [0.2, 0.25) is 0 Å². The molecule has 0 aliphatic carbocycles. The summed E-state index contributed by atoms with van der Waals surface area (Å²) in [6.45, 7) is 14.3. The molecule has 3 nitrogen and oxygen atoms in total. The quantitative estimate of drug-likeness (QED) is 0.803. The van der Waals surface area contributed by atoms with Gasteiger partial charge in [-0.05, 0) is 57.7 Å². The maximum absolute atomic E-state index is 11.7. The lowest BCUT2D eigenvalue weighted by molar-refractivity contribution is -0.125. The zero-order valence-corrected chi connectivity index (χ0v) is 13.4. The monoisotopic (exact) mass is 268 g/mol. The molecule has 1 atom stereocenters. The van der Waals surface area contributed by atoms with Gasteiger partial charge in [0, 0.05) is 12.0 Å². The average Bonchev–Trinajstić information content (AvgIpc) is 2.36. The number of amides is 1. The molecule has 0 aromatic carbocycles. The highest BCUT2D eigenvalue weighted by Gasteiger charge is 2.25. The molecule has 1 saturated heterocycles. The maximum atomic E-state index is 11.7. The molecule has 0 bridgehead atoms. The normalized spacial score (nSPS) is 19.9. The van der Waals surface area contributed by atoms with E-state index in [1.165, 1.54) is 38.9 Å². The topological polar surface area (TPSA) is 32.3 Å². The molecule has 1 amide bonds. The molecule has 112 valence electrons. The van der Waals surface area contributed by atoms with Crippen molar-refractivity contribution >= 4 is 5.91 Å². The molecule has 0 spiro atoms. The van der Waals surface area contributed by atoms with Crippen LogP contribution in [0.3, 0.4) is 0 Å². The predicted octanol–water partition coefficient (Wildman–Crippen LogP) is 2.91. The molecule has 0 aromatic heterocycles. The Labute approximate surface area is 119 Å². The SMILES string of the molecule is CC(C)CCN1CCC([C@H](C)NC(=O)C(C)C)CC1. The number of nitrogens with zero attached hydrogens (tertiary/aromatic N) is 1. The van der Waals surface area contributed by atoms with E-state index in [0.717, 1.165) is 5.92 Å². The van der Waals surface area contributed by atoms with Crippen molar-refractivity contribution in [3.05, 3.63) is 0 Å². The zero-order valence-electron chi connectivity index (χ0n) is 13.4. The van der Waals surface area contributed by atoms with E-state index in [1.807, 2.05) is 13.8 Å². The van der Waals surface area contributed by atoms with Gasteiger partial charge in [0.1, 0.15) is 0 Å². The molecule has 19 heavy (non-hydrogen) atoms. The van der Waals surface area contributed by atoms with Crippen LogP contribution in [0.15, 0.2) is 0 Å². The number of piperidine rings is 1. The van der Waals surface area contributed by atoms with E-state index in [1.54, 1.807) is 0 Å². The third-order valence-electron chi connectivity index (χ3n) is 4.26. The molecule has 0 aromatic rings. The van der Waals surface area contributed by atoms with Crippen molar-refractivity contribution in [1.82, 2.24) is 10.2 Å². The van der Waals surface area contributed by atoms with Gasteiger partial charge in [-0.25, -0.2) is 0 Å². The van der Waals surface area contributed by atoms with Gasteiger partial charge < -0.3 is 10.2 Å². The number of carbonyl (C=O) groups excluding carboxylic acids is 1. The van der Waals surface area contributed by atoms with Gasteiger partial charge >= 0.3 is 0 Å². The van der Waals surface area contributed by atoms with Crippen molar-refractivity contribution in [2.24, 2.45) is 17.8 Å². The molecular formula is C16H32N2O. The minimum atomic E-state index is 0.0913. The molecule has 1 aliphatic heterocycles. The number of likely N-dealkylation sites (tertiary alicyclic amines) is 1. The van der Waals surface area contributed by atoms with Gasteiger partial charge in [0.15, 0.2) is 0 Å². The fourth-order valence-electron chi connectivity index (χ4n) is 2.63. The van der Waals surface area contributed by atoms with Gasteiger partial charge in [-0.1, -0.05) is 27.7 Å². The lowest BCUT2D eigenvalue weighted by Gasteiger charge is -2.35. The van der Waals surface area contributed by atoms with Crippen molar-refractivity contribution in [3.63, 3.8) is 0 Å². The van der Waals surface area contributed by atoms with Gasteiger partial charge in [0.25, 0.3) is 0 Å². The lowest BCUT2D eigenvalue weighted by atomic mass is 9.90. The van der Waals surface area contributed by atoms with Crippen molar-refractivity contribution in [3.8, 4) is 0 Å². The predicted molar refractivity (Wildman–Crippen MR) is 81.1 cm³/mol. The van der Waals surface area contributed by atoms with Crippen LogP contribution in [-0.2, 0) is 4.79 Å². The standard InChI is InChI=1S/C16H32N2O/c1-12(2)6-9-18-10-7-15(8-11-18)14(5)17-16(19)13(3)4/h12-15H,6-11H2,1-5H3,(H,17,19)/t14-/m0/s1. The number of carbonyl (C=O) groups is 1. The molecule has 0 radical (unpaired) electrons. The first-order valence-corrected chi connectivity index (χ1v) is 7.92. The molecule has 1 fully saturated rings. The first-order valence-electron chi connectivity index (χ1n) is 7.92. The molecule has 1 heterocycles. The van der Waals surface area contributed by atoms with Crippen molar-refractivity contribution < 1.29 is 4.79 Å². The van der Waals surface area contributed by atoms with E-state index >= 15 is 0 Å². The van der Waals surface area contributed by atoms with Crippen LogP contribution in [0.25, 0.3) is 0 Å². The molecule has 3 heteroatoms. The molecule has 0 unspecified atom stereocenters. The summed E-state index contributed by atoms with van der Waals surface area (Å²) in [5.74, 6) is 1.73. The fraction of sp³-hybridized carbons (Fsp3) is 0.938. The largest absolute Gasteiger partial charge is 0.353 e. The second-order valence-corrected chi connectivity index (χ2v) is 6.81. The highest BCUT2D eigenvalue weighted by atomic mass is 16.1. The molecule has 0 saturated carbocycles. The van der Waals surface area contributed by atoms with Crippen molar-refractivity contribution in [2.45, 2.75) is 59.9 Å². The van der Waals surface area contributed by atoms with Gasteiger partial charge in [-0.15, -0.1) is 0 Å². The Morgan fingerprint density at radius 1 is 1.16 bits per heavy atom. The van der Waals surface area contributed by atoms with E-state index in [2.05, 4.69) is 31.0 Å². The van der Waals surface area contributed by atoms with E-state index in [4.69, 9.17) is 0 Å². The van der Waals surface area contributed by atoms with E-state index in [-0.39, 0.29) is 11.8 Å².